The summed E-state index contributed by atoms with van der Waals surface area (Å²) in [7, 11) is 0. The number of benzene rings is 2. The van der Waals surface area contributed by atoms with E-state index in [0.29, 0.717) is 24.1 Å². The van der Waals surface area contributed by atoms with Gasteiger partial charge in [0.25, 0.3) is 11.8 Å². The lowest BCUT2D eigenvalue weighted by molar-refractivity contribution is -0.141. The zero-order chi connectivity index (χ0) is 24.8. The average molecular weight is 464 g/mol. The molecule has 0 saturated heterocycles. The fraction of sp³-hybridized carbons (Fsp3) is 0.407. The molecule has 0 bridgehead atoms. The summed E-state index contributed by atoms with van der Waals surface area (Å²) in [5.74, 6) is -1.04. The highest BCUT2D eigenvalue weighted by atomic mass is 16.2. The Morgan fingerprint density at radius 1 is 1.00 bits per heavy atom. The van der Waals surface area contributed by atoms with Gasteiger partial charge in [-0.05, 0) is 51.3 Å². The second-order valence-corrected chi connectivity index (χ2v) is 8.92. The molecule has 4 amide bonds. The largest absolute Gasteiger partial charge is 0.352 e. The first-order chi connectivity index (χ1) is 16.2. The number of amides is 4. The predicted octanol–water partition coefficient (Wildman–Crippen LogP) is 3.70. The molecule has 34 heavy (non-hydrogen) atoms. The van der Waals surface area contributed by atoms with Crippen molar-refractivity contribution in [3.63, 3.8) is 0 Å². The minimum atomic E-state index is -0.652. The maximum atomic E-state index is 13.2. The van der Waals surface area contributed by atoms with Crippen LogP contribution in [0.2, 0.25) is 0 Å². The smallest absolute Gasteiger partial charge is 0.261 e. The number of imide groups is 1. The molecule has 2 aromatic carbocycles. The summed E-state index contributed by atoms with van der Waals surface area (Å²) in [5.41, 5.74) is 2.81. The van der Waals surface area contributed by atoms with Crippen molar-refractivity contribution in [2.45, 2.75) is 65.6 Å². The first-order valence-corrected chi connectivity index (χ1v) is 11.8. The highest BCUT2D eigenvalue weighted by molar-refractivity contribution is 6.21. The van der Waals surface area contributed by atoms with E-state index in [2.05, 4.69) is 5.32 Å². The molecule has 1 aliphatic rings. The Morgan fingerprint density at radius 2 is 1.65 bits per heavy atom. The number of carbonyl (C=O) groups is 4. The first-order valence-electron chi connectivity index (χ1n) is 11.8. The van der Waals surface area contributed by atoms with E-state index < -0.39 is 6.04 Å². The highest BCUT2D eigenvalue weighted by Crippen LogP contribution is 2.23. The molecule has 1 aliphatic heterocycles. The fourth-order valence-electron chi connectivity index (χ4n) is 4.03. The first kappa shape index (κ1) is 25.1. The third-order valence-corrected chi connectivity index (χ3v) is 6.25. The lowest BCUT2D eigenvalue weighted by Gasteiger charge is -2.30. The maximum absolute atomic E-state index is 13.2. The number of nitrogens with zero attached hydrogens (tertiary/aromatic N) is 2. The molecule has 2 aromatic rings. The topological polar surface area (TPSA) is 86.8 Å². The minimum absolute atomic E-state index is 0.0136. The molecule has 7 nitrogen and oxygen atoms in total. The van der Waals surface area contributed by atoms with Crippen molar-refractivity contribution in [1.29, 1.82) is 0 Å². The Kier molecular flexibility index (Phi) is 8.21. The van der Waals surface area contributed by atoms with Gasteiger partial charge in [0, 0.05) is 25.6 Å². The Labute approximate surface area is 201 Å². The monoisotopic (exact) mass is 463 g/mol. The third-order valence-electron chi connectivity index (χ3n) is 6.25. The molecule has 2 unspecified atom stereocenters. The molecule has 2 atom stereocenters. The van der Waals surface area contributed by atoms with Crippen LogP contribution in [0, 0.1) is 6.92 Å². The van der Waals surface area contributed by atoms with Gasteiger partial charge in [-0.1, -0.05) is 48.9 Å². The molecule has 0 aromatic heterocycles. The van der Waals surface area contributed by atoms with Gasteiger partial charge in [-0.25, -0.2) is 0 Å². The molecule has 0 aliphatic carbocycles. The second-order valence-electron chi connectivity index (χ2n) is 8.92. The van der Waals surface area contributed by atoms with E-state index in [4.69, 9.17) is 0 Å². The van der Waals surface area contributed by atoms with Gasteiger partial charge in [-0.3, -0.25) is 24.1 Å². The molecular weight excluding hydrogens is 430 g/mol. The quantitative estimate of drug-likeness (QED) is 0.545. The molecule has 1 N–H and O–H groups in total. The van der Waals surface area contributed by atoms with Crippen molar-refractivity contribution in [2.24, 2.45) is 0 Å². The molecule has 3 rings (SSSR count). The van der Waals surface area contributed by atoms with Crippen LogP contribution in [0.15, 0.2) is 48.5 Å². The second kappa shape index (κ2) is 11.1. The molecular formula is C27H33N3O4. The van der Waals surface area contributed by atoms with Crippen molar-refractivity contribution in [2.75, 3.05) is 6.54 Å². The van der Waals surface area contributed by atoms with Crippen LogP contribution in [-0.2, 0) is 16.1 Å². The normalized spacial score (nSPS) is 14.5. The van der Waals surface area contributed by atoms with Gasteiger partial charge in [0.2, 0.25) is 11.8 Å². The molecule has 1 heterocycles. The summed E-state index contributed by atoms with van der Waals surface area (Å²) in [6.07, 6.45) is 1.25. The number of fused-ring (bicyclic) bond motifs is 1. The van der Waals surface area contributed by atoms with E-state index in [-0.39, 0.29) is 42.6 Å². The lowest BCUT2D eigenvalue weighted by Crippen LogP contribution is -2.49. The van der Waals surface area contributed by atoms with Gasteiger partial charge in [-0.2, -0.15) is 0 Å². The number of hydrogen-bond donors (Lipinski definition) is 1. The minimum Gasteiger partial charge on any atom is -0.352 e. The van der Waals surface area contributed by atoms with Crippen LogP contribution in [0.4, 0.5) is 0 Å². The summed E-state index contributed by atoms with van der Waals surface area (Å²) >= 11 is 0. The maximum Gasteiger partial charge on any atom is 0.261 e. The van der Waals surface area contributed by atoms with Crippen LogP contribution in [0.1, 0.15) is 71.9 Å². The van der Waals surface area contributed by atoms with Crippen LogP contribution in [-0.4, -0.2) is 52.1 Å². The summed E-state index contributed by atoms with van der Waals surface area (Å²) in [4.78, 5) is 54.0. The van der Waals surface area contributed by atoms with Crippen LogP contribution >= 0.6 is 0 Å². The van der Waals surface area contributed by atoms with E-state index in [0.717, 1.165) is 17.5 Å². The zero-order valence-electron chi connectivity index (χ0n) is 20.3. The average Bonchev–Trinajstić information content (AvgIpc) is 3.07. The number of carbonyl (C=O) groups excluding carboxylic acids is 4. The molecule has 0 saturated carbocycles. The summed E-state index contributed by atoms with van der Waals surface area (Å²) in [6.45, 7) is 8.10. The van der Waals surface area contributed by atoms with Gasteiger partial charge in [0.05, 0.1) is 11.1 Å². The van der Waals surface area contributed by atoms with Gasteiger partial charge < -0.3 is 10.2 Å². The molecule has 0 fully saturated rings. The standard InChI is InChI=1S/C27H33N3O4/c1-5-19(3)28-25(32)20(4)30(17-21-11-8-10-18(2)16-21)24(31)14-9-15-29-26(33)22-12-6-7-13-23(22)27(29)34/h6-8,10-13,16,19-20H,5,9,14-15,17H2,1-4H3,(H,28,32). The van der Waals surface area contributed by atoms with Crippen LogP contribution < -0.4 is 5.32 Å². The van der Waals surface area contributed by atoms with Gasteiger partial charge in [0.15, 0.2) is 0 Å². The fourth-order valence-corrected chi connectivity index (χ4v) is 4.03. The molecule has 7 heteroatoms. The van der Waals surface area contributed by atoms with Crippen molar-refractivity contribution < 1.29 is 19.2 Å². The van der Waals surface area contributed by atoms with Crippen molar-refractivity contribution in [3.05, 3.63) is 70.8 Å². The summed E-state index contributed by atoms with van der Waals surface area (Å²) in [6, 6.07) is 13.9. The van der Waals surface area contributed by atoms with Crippen LogP contribution in [0.5, 0.6) is 0 Å². The van der Waals surface area contributed by atoms with Gasteiger partial charge in [0.1, 0.15) is 6.04 Å². The Balaban J connectivity index is 1.68. The SMILES string of the molecule is CCC(C)NC(=O)C(C)N(Cc1cccc(C)c1)C(=O)CCCN1C(=O)c2ccccc2C1=O. The van der Waals surface area contributed by atoms with Crippen molar-refractivity contribution >= 4 is 23.6 Å². The van der Waals surface area contributed by atoms with Gasteiger partial charge in [-0.15, -0.1) is 0 Å². The summed E-state index contributed by atoms with van der Waals surface area (Å²) < 4.78 is 0. The van der Waals surface area contributed by atoms with E-state index >= 15 is 0 Å². The zero-order valence-corrected chi connectivity index (χ0v) is 20.3. The number of aryl methyl sites for hydroxylation is 1. The van der Waals surface area contributed by atoms with E-state index in [9.17, 15) is 19.2 Å². The van der Waals surface area contributed by atoms with Gasteiger partial charge >= 0.3 is 0 Å². The number of nitrogens with one attached hydrogen (secondary N) is 1. The lowest BCUT2D eigenvalue weighted by atomic mass is 10.1. The van der Waals surface area contributed by atoms with E-state index in [1.165, 1.54) is 4.90 Å². The van der Waals surface area contributed by atoms with Crippen molar-refractivity contribution in [3.8, 4) is 0 Å². The highest BCUT2D eigenvalue weighted by Gasteiger charge is 2.35. The Bertz CT molecular complexity index is 1050. The molecule has 180 valence electrons. The van der Waals surface area contributed by atoms with E-state index in [1.54, 1.807) is 36.1 Å². The molecule has 0 spiro atoms. The van der Waals surface area contributed by atoms with E-state index in [1.807, 2.05) is 45.0 Å². The Hall–Kier alpha value is -3.48. The van der Waals surface area contributed by atoms with Crippen molar-refractivity contribution in [1.82, 2.24) is 15.1 Å². The van der Waals surface area contributed by atoms with Crippen LogP contribution in [0.3, 0.4) is 0 Å². The van der Waals surface area contributed by atoms with Crippen LogP contribution in [0.25, 0.3) is 0 Å². The predicted molar refractivity (Wildman–Crippen MR) is 130 cm³/mol. The number of rotatable bonds is 10. The molecule has 0 radical (unpaired) electrons. The number of hydrogen-bond acceptors (Lipinski definition) is 4. The Morgan fingerprint density at radius 3 is 2.24 bits per heavy atom. The third kappa shape index (κ3) is 5.71. The summed E-state index contributed by atoms with van der Waals surface area (Å²) in [5, 5.41) is 2.95.